The molecule has 0 aromatic rings. The molecule has 0 unspecified atom stereocenters. The van der Waals surface area contributed by atoms with Crippen LogP contribution in [-0.2, 0) is 4.79 Å². The third-order valence-electron chi connectivity index (χ3n) is 2.42. The topological polar surface area (TPSA) is 20.3 Å². The molecule has 0 spiro atoms. The summed E-state index contributed by atoms with van der Waals surface area (Å²) in [7, 11) is 0. The number of hydrogen-bond donors (Lipinski definition) is 0. The van der Waals surface area contributed by atoms with E-state index in [1.807, 2.05) is 0 Å². The van der Waals surface area contributed by atoms with Crippen LogP contribution in [0, 0.1) is 0 Å². The smallest absolute Gasteiger partial charge is 0.336 e. The summed E-state index contributed by atoms with van der Waals surface area (Å²) in [6.07, 6.45) is -11.9. The monoisotopic (exact) mass is 313 g/mol. The van der Waals surface area contributed by atoms with E-state index in [1.165, 1.54) is 27.7 Å². The van der Waals surface area contributed by atoms with Crippen LogP contribution < -0.4 is 0 Å². The Morgan fingerprint density at radius 3 is 1.32 bits per heavy atom. The average molecular weight is 314 g/mol. The van der Waals surface area contributed by atoms with Crippen LogP contribution in [0.5, 0.6) is 0 Å². The molecule has 0 N–H and O–H groups in total. The van der Waals surface area contributed by atoms with E-state index in [9.17, 15) is 31.1 Å². The third kappa shape index (κ3) is 3.27. The van der Waals surface area contributed by atoms with Crippen molar-refractivity contribution in [2.75, 3.05) is 0 Å². The second-order valence-electron chi connectivity index (χ2n) is 4.55. The van der Waals surface area contributed by atoms with Gasteiger partial charge in [0.15, 0.2) is 0 Å². The van der Waals surface area contributed by atoms with Crippen molar-refractivity contribution in [1.82, 2.24) is 4.90 Å². The van der Waals surface area contributed by atoms with Crippen molar-refractivity contribution in [3.63, 3.8) is 0 Å². The Balaban J connectivity index is 5.86. The second-order valence-corrected chi connectivity index (χ2v) is 5.12. The highest BCUT2D eigenvalue weighted by Gasteiger charge is 2.76. The molecule has 19 heavy (non-hydrogen) atoms. The van der Waals surface area contributed by atoms with E-state index in [2.05, 4.69) is 11.6 Å². The zero-order valence-electron chi connectivity index (χ0n) is 10.7. The van der Waals surface area contributed by atoms with Crippen molar-refractivity contribution >= 4 is 17.5 Å². The molecule has 0 saturated carbocycles. The first-order valence-corrected chi connectivity index (χ1v) is 5.70. The standard InChI is InChI=1S/C10H14ClF6NO/c1-5(2)18(6(3)4)7(19)8(11,9(12,13)14)10(15,16)17/h5-6H,1-4H3. The van der Waals surface area contributed by atoms with Gasteiger partial charge in [-0.3, -0.25) is 4.79 Å². The van der Waals surface area contributed by atoms with Crippen molar-refractivity contribution in [3.05, 3.63) is 0 Å². The molecule has 0 fully saturated rings. The Labute approximate surface area is 111 Å². The van der Waals surface area contributed by atoms with Gasteiger partial charge in [-0.05, 0) is 27.7 Å². The Bertz CT molecular complexity index is 314. The summed E-state index contributed by atoms with van der Waals surface area (Å²) in [5, 5.41) is 0. The van der Waals surface area contributed by atoms with E-state index < -0.39 is 35.2 Å². The van der Waals surface area contributed by atoms with Crippen molar-refractivity contribution < 1.29 is 31.1 Å². The summed E-state index contributed by atoms with van der Waals surface area (Å²) < 4.78 is 75.8. The van der Waals surface area contributed by atoms with Gasteiger partial charge in [0.2, 0.25) is 0 Å². The van der Waals surface area contributed by atoms with E-state index in [1.54, 1.807) is 0 Å². The first kappa shape index (κ1) is 18.3. The van der Waals surface area contributed by atoms with Crippen LogP contribution in [0.1, 0.15) is 27.7 Å². The van der Waals surface area contributed by atoms with E-state index in [0.717, 1.165) is 0 Å². The van der Waals surface area contributed by atoms with Crippen LogP contribution >= 0.6 is 11.6 Å². The molecule has 0 atom stereocenters. The van der Waals surface area contributed by atoms with Gasteiger partial charge in [-0.2, -0.15) is 26.3 Å². The number of halogens is 7. The van der Waals surface area contributed by atoms with Crippen molar-refractivity contribution in [3.8, 4) is 0 Å². The van der Waals surface area contributed by atoms with E-state index in [4.69, 9.17) is 0 Å². The molecule has 2 nitrogen and oxygen atoms in total. The molecular weight excluding hydrogens is 300 g/mol. The van der Waals surface area contributed by atoms with Crippen LogP contribution in [0.4, 0.5) is 26.3 Å². The predicted molar refractivity (Wildman–Crippen MR) is 57.8 cm³/mol. The average Bonchev–Trinajstić information content (AvgIpc) is 2.11. The SMILES string of the molecule is CC(C)N(C(=O)C(Cl)(C(F)(F)F)C(F)(F)F)C(C)C. The predicted octanol–water partition coefficient (Wildman–Crippen LogP) is 3.73. The fourth-order valence-corrected chi connectivity index (χ4v) is 1.74. The summed E-state index contributed by atoms with van der Waals surface area (Å²) in [5.41, 5.74) is 0. The number of hydrogen-bond acceptors (Lipinski definition) is 1. The quantitative estimate of drug-likeness (QED) is 0.574. The van der Waals surface area contributed by atoms with Gasteiger partial charge in [0, 0.05) is 12.1 Å². The Morgan fingerprint density at radius 2 is 1.16 bits per heavy atom. The lowest BCUT2D eigenvalue weighted by atomic mass is 10.0. The lowest BCUT2D eigenvalue weighted by Crippen LogP contribution is -2.64. The lowest BCUT2D eigenvalue weighted by molar-refractivity contribution is -0.264. The first-order valence-electron chi connectivity index (χ1n) is 5.33. The molecule has 0 bridgehead atoms. The zero-order chi connectivity index (χ0) is 15.8. The summed E-state index contributed by atoms with van der Waals surface area (Å²) in [4.78, 5) is 7.24. The van der Waals surface area contributed by atoms with Crippen LogP contribution in [0.15, 0.2) is 0 Å². The molecule has 0 saturated heterocycles. The Morgan fingerprint density at radius 1 is 0.895 bits per heavy atom. The molecule has 9 heteroatoms. The number of rotatable bonds is 3. The maximum Gasteiger partial charge on any atom is 0.425 e. The van der Waals surface area contributed by atoms with Crippen molar-refractivity contribution in [2.45, 2.75) is 57.0 Å². The molecule has 0 aromatic heterocycles. The molecule has 0 radical (unpaired) electrons. The Hall–Kier alpha value is -0.660. The summed E-state index contributed by atoms with van der Waals surface area (Å²) in [6.45, 7) is 5.23. The van der Waals surface area contributed by atoms with E-state index in [-0.39, 0.29) is 0 Å². The molecule has 114 valence electrons. The molecule has 1 amide bonds. The first-order chi connectivity index (χ1) is 8.18. The van der Waals surface area contributed by atoms with Gasteiger partial charge in [0.25, 0.3) is 5.91 Å². The fourth-order valence-electron chi connectivity index (χ4n) is 1.65. The van der Waals surface area contributed by atoms with Gasteiger partial charge in [0.1, 0.15) is 0 Å². The highest BCUT2D eigenvalue weighted by molar-refractivity contribution is 6.36. The van der Waals surface area contributed by atoms with Crippen molar-refractivity contribution in [1.29, 1.82) is 0 Å². The molecule has 0 aliphatic rings. The zero-order valence-corrected chi connectivity index (χ0v) is 11.4. The number of alkyl halides is 7. The minimum Gasteiger partial charge on any atom is -0.336 e. The number of carbonyl (C=O) groups excluding carboxylic acids is 1. The van der Waals surface area contributed by atoms with Gasteiger partial charge in [-0.25, -0.2) is 0 Å². The molecule has 0 aliphatic heterocycles. The van der Waals surface area contributed by atoms with Gasteiger partial charge >= 0.3 is 17.2 Å². The fraction of sp³-hybridized carbons (Fsp3) is 0.900. The maximum absolute atomic E-state index is 12.6. The van der Waals surface area contributed by atoms with E-state index in [0.29, 0.717) is 4.90 Å². The van der Waals surface area contributed by atoms with Crippen LogP contribution in [-0.4, -0.2) is 40.1 Å². The van der Waals surface area contributed by atoms with Gasteiger partial charge in [-0.1, -0.05) is 11.6 Å². The maximum atomic E-state index is 12.6. The number of nitrogens with zero attached hydrogens (tertiary/aromatic N) is 1. The summed E-state index contributed by atoms with van der Waals surface area (Å²) in [6, 6.07) is -1.70. The van der Waals surface area contributed by atoms with Crippen LogP contribution in [0.2, 0.25) is 0 Å². The van der Waals surface area contributed by atoms with Crippen molar-refractivity contribution in [2.24, 2.45) is 0 Å². The Kier molecular flexibility index (Phi) is 5.19. The van der Waals surface area contributed by atoms with Gasteiger partial charge in [-0.15, -0.1) is 0 Å². The molecular formula is C10H14ClF6NO. The minimum absolute atomic E-state index is 0.466. The van der Waals surface area contributed by atoms with Gasteiger partial charge < -0.3 is 4.90 Å². The minimum atomic E-state index is -5.94. The number of carbonyl (C=O) groups is 1. The van der Waals surface area contributed by atoms with Crippen LogP contribution in [0.3, 0.4) is 0 Å². The third-order valence-corrected chi connectivity index (χ3v) is 3.01. The highest BCUT2D eigenvalue weighted by Crippen LogP contribution is 2.49. The normalized spacial score (nSPS) is 14.2. The molecule has 0 rings (SSSR count). The summed E-state index contributed by atoms with van der Waals surface area (Å²) >= 11 is 4.68. The largest absolute Gasteiger partial charge is 0.425 e. The second kappa shape index (κ2) is 5.38. The molecule has 0 aromatic carbocycles. The summed E-state index contributed by atoms with van der Waals surface area (Å²) in [5.74, 6) is -2.21. The highest BCUT2D eigenvalue weighted by atomic mass is 35.5. The van der Waals surface area contributed by atoms with Crippen LogP contribution in [0.25, 0.3) is 0 Å². The molecule has 0 aliphatic carbocycles. The van der Waals surface area contributed by atoms with Gasteiger partial charge in [0.05, 0.1) is 0 Å². The van der Waals surface area contributed by atoms with E-state index >= 15 is 0 Å². The number of amides is 1. The lowest BCUT2D eigenvalue weighted by Gasteiger charge is -2.39. The molecule has 0 heterocycles.